The fourth-order valence-electron chi connectivity index (χ4n) is 4.59. The van der Waals surface area contributed by atoms with E-state index >= 15 is 0 Å². The van der Waals surface area contributed by atoms with E-state index in [9.17, 15) is 14.7 Å². The van der Waals surface area contributed by atoms with Gasteiger partial charge < -0.3 is 30.0 Å². The molecule has 230 valence electrons. The van der Waals surface area contributed by atoms with Crippen molar-refractivity contribution in [3.8, 4) is 5.69 Å². The van der Waals surface area contributed by atoms with E-state index in [1.54, 1.807) is 11.6 Å². The molecule has 1 fully saturated rings. The lowest BCUT2D eigenvalue weighted by Crippen LogP contribution is -2.38. The summed E-state index contributed by atoms with van der Waals surface area (Å²) in [5.74, 6) is 0.106. The highest BCUT2D eigenvalue weighted by atomic mass is 32.2. The van der Waals surface area contributed by atoms with Gasteiger partial charge in [0.25, 0.3) is 0 Å². The van der Waals surface area contributed by atoms with E-state index in [-0.39, 0.29) is 38.5 Å². The van der Waals surface area contributed by atoms with Crippen LogP contribution in [0.25, 0.3) is 5.69 Å². The molecule has 5 rings (SSSR count). The second-order valence-electron chi connectivity index (χ2n) is 9.95. The first-order valence-electron chi connectivity index (χ1n) is 14.3. The number of amides is 2. The molecule has 1 saturated heterocycles. The number of aliphatic hydroxyl groups is 1. The minimum atomic E-state index is -0.628. The maximum absolute atomic E-state index is 12.0. The molecule has 0 saturated carbocycles. The van der Waals surface area contributed by atoms with Crippen LogP contribution in [0.15, 0.2) is 84.0 Å². The smallest absolute Gasteiger partial charge is 0.325 e. The summed E-state index contributed by atoms with van der Waals surface area (Å²) in [5.41, 5.74) is 4.40. The molecule has 2 heterocycles. The van der Waals surface area contributed by atoms with E-state index in [1.807, 2.05) is 78.9 Å². The molecule has 1 aromatic heterocycles. The Labute approximate surface area is 259 Å². The summed E-state index contributed by atoms with van der Waals surface area (Å²) < 4.78 is 19.4. The first-order chi connectivity index (χ1) is 21.5. The third-order valence-corrected chi connectivity index (χ3v) is 7.91. The summed E-state index contributed by atoms with van der Waals surface area (Å²) >= 11 is 1.51. The Kier molecular flexibility index (Phi) is 10.9. The van der Waals surface area contributed by atoms with Gasteiger partial charge in [-0.25, -0.2) is 4.79 Å². The number of para-hydroxylation sites is 1. The van der Waals surface area contributed by atoms with Gasteiger partial charge in [-0.15, -0.1) is 5.10 Å². The van der Waals surface area contributed by atoms with Crippen molar-refractivity contribution in [2.75, 3.05) is 18.9 Å². The second-order valence-corrected chi connectivity index (χ2v) is 10.9. The summed E-state index contributed by atoms with van der Waals surface area (Å²) in [6, 6.07) is 24.6. The number of rotatable bonds is 12. The number of urea groups is 1. The number of nitrogens with one attached hydrogen (secondary N) is 2. The maximum Gasteiger partial charge on any atom is 0.325 e. The number of ether oxygens (including phenoxy) is 3. The Hall–Kier alpha value is -4.30. The molecular formula is C31H34N6O6S. The highest BCUT2D eigenvalue weighted by molar-refractivity contribution is 7.99. The third kappa shape index (κ3) is 8.41. The van der Waals surface area contributed by atoms with Crippen LogP contribution in [0.3, 0.4) is 0 Å². The molecule has 0 aliphatic carbocycles. The number of esters is 1. The fourth-order valence-corrected chi connectivity index (χ4v) is 5.50. The predicted molar refractivity (Wildman–Crippen MR) is 162 cm³/mol. The van der Waals surface area contributed by atoms with Crippen molar-refractivity contribution >= 4 is 23.8 Å². The summed E-state index contributed by atoms with van der Waals surface area (Å²) in [6.45, 7) is 2.02. The van der Waals surface area contributed by atoms with Crippen LogP contribution in [0.4, 0.5) is 4.79 Å². The van der Waals surface area contributed by atoms with Crippen LogP contribution in [0, 0.1) is 0 Å². The van der Waals surface area contributed by atoms with Gasteiger partial charge in [-0.3, -0.25) is 4.79 Å². The molecule has 0 unspecified atom stereocenters. The molecule has 44 heavy (non-hydrogen) atoms. The SMILES string of the molecule is CCOC(=O)CNC(=O)NCc1ccc([C@H]2O[C@@H](CSc3nnnn3-c3ccccc3)C[C@@H](c3ccc(CO)cc3)O2)cc1. The van der Waals surface area contributed by atoms with Gasteiger partial charge in [0.1, 0.15) is 6.54 Å². The number of hydrogen-bond acceptors (Lipinski definition) is 10. The normalized spacial score (nSPS) is 18.0. The molecular weight excluding hydrogens is 584 g/mol. The van der Waals surface area contributed by atoms with E-state index in [0.717, 1.165) is 27.9 Å². The first-order valence-corrected chi connectivity index (χ1v) is 15.2. The largest absolute Gasteiger partial charge is 0.465 e. The molecule has 1 aliphatic heterocycles. The Morgan fingerprint density at radius 2 is 1.70 bits per heavy atom. The zero-order valence-corrected chi connectivity index (χ0v) is 25.0. The lowest BCUT2D eigenvalue weighted by Gasteiger charge is -2.36. The van der Waals surface area contributed by atoms with Crippen LogP contribution in [-0.2, 0) is 32.2 Å². The molecule has 13 heteroatoms. The van der Waals surface area contributed by atoms with Crippen molar-refractivity contribution in [2.45, 2.75) is 50.2 Å². The molecule has 0 radical (unpaired) electrons. The predicted octanol–water partition coefficient (Wildman–Crippen LogP) is 3.85. The van der Waals surface area contributed by atoms with Crippen molar-refractivity contribution in [2.24, 2.45) is 0 Å². The van der Waals surface area contributed by atoms with Crippen molar-refractivity contribution in [3.05, 3.63) is 101 Å². The third-order valence-electron chi connectivity index (χ3n) is 6.86. The Balaban J connectivity index is 1.25. The zero-order valence-electron chi connectivity index (χ0n) is 24.2. The molecule has 3 N–H and O–H groups in total. The number of carbonyl (C=O) groups excluding carboxylic acids is 2. The van der Waals surface area contributed by atoms with Crippen molar-refractivity contribution in [1.82, 2.24) is 30.8 Å². The minimum absolute atomic E-state index is 0.0266. The second kappa shape index (κ2) is 15.4. The van der Waals surface area contributed by atoms with Gasteiger partial charge in [-0.1, -0.05) is 78.5 Å². The number of aromatic nitrogens is 4. The lowest BCUT2D eigenvalue weighted by molar-refractivity contribution is -0.245. The van der Waals surface area contributed by atoms with Crippen LogP contribution < -0.4 is 10.6 Å². The standard InChI is InChI=1S/C31H34N6O6S/c1-2-41-28(39)18-33-30(40)32-17-21-8-14-24(15-9-21)29-42-26(16-27(43-29)23-12-10-22(19-38)11-13-23)20-44-31-34-35-36-37(31)25-6-4-3-5-7-25/h3-15,26-27,29,38H,2,16-20H2,1H3,(H2,32,33,40)/t26-,27+,29+/m1/s1. The fraction of sp³-hybridized carbons (Fsp3) is 0.323. The molecule has 4 aromatic rings. The Bertz CT molecular complexity index is 1500. The van der Waals surface area contributed by atoms with Crippen LogP contribution >= 0.6 is 11.8 Å². The topological polar surface area (TPSA) is 150 Å². The number of carbonyl (C=O) groups is 2. The number of nitrogens with zero attached hydrogens (tertiary/aromatic N) is 4. The molecule has 3 atom stereocenters. The van der Waals surface area contributed by atoms with Crippen LogP contribution in [0.1, 0.15) is 48.0 Å². The summed E-state index contributed by atoms with van der Waals surface area (Å²) in [6.07, 6.45) is -0.414. The quantitative estimate of drug-likeness (QED) is 0.158. The Morgan fingerprint density at radius 1 is 0.977 bits per heavy atom. The van der Waals surface area contributed by atoms with Crippen LogP contribution in [0.5, 0.6) is 0 Å². The van der Waals surface area contributed by atoms with Crippen LogP contribution in [-0.4, -0.2) is 62.3 Å². The number of thioether (sulfide) groups is 1. The number of tetrazole rings is 1. The van der Waals surface area contributed by atoms with Crippen molar-refractivity contribution in [1.29, 1.82) is 0 Å². The molecule has 12 nitrogen and oxygen atoms in total. The Morgan fingerprint density at radius 3 is 2.43 bits per heavy atom. The summed E-state index contributed by atoms with van der Waals surface area (Å²) in [7, 11) is 0. The average Bonchev–Trinajstić information content (AvgIpc) is 3.55. The van der Waals surface area contributed by atoms with E-state index in [4.69, 9.17) is 14.2 Å². The monoisotopic (exact) mass is 618 g/mol. The summed E-state index contributed by atoms with van der Waals surface area (Å²) in [4.78, 5) is 23.5. The number of benzene rings is 3. The van der Waals surface area contributed by atoms with Crippen LogP contribution in [0.2, 0.25) is 0 Å². The molecule has 0 bridgehead atoms. The van der Waals surface area contributed by atoms with Gasteiger partial charge in [-0.05, 0) is 46.2 Å². The van der Waals surface area contributed by atoms with Gasteiger partial charge in [0.05, 0.1) is 31.1 Å². The van der Waals surface area contributed by atoms with Gasteiger partial charge in [0.2, 0.25) is 5.16 Å². The van der Waals surface area contributed by atoms with E-state index in [0.29, 0.717) is 17.3 Å². The average molecular weight is 619 g/mol. The molecule has 0 spiro atoms. The van der Waals surface area contributed by atoms with Crippen molar-refractivity contribution < 1.29 is 28.9 Å². The van der Waals surface area contributed by atoms with E-state index in [1.165, 1.54) is 11.8 Å². The highest BCUT2D eigenvalue weighted by Crippen LogP contribution is 2.39. The van der Waals surface area contributed by atoms with Gasteiger partial charge in [0.15, 0.2) is 6.29 Å². The molecule has 2 amide bonds. The minimum Gasteiger partial charge on any atom is -0.465 e. The highest BCUT2D eigenvalue weighted by Gasteiger charge is 2.32. The van der Waals surface area contributed by atoms with Gasteiger partial charge in [0, 0.05) is 24.3 Å². The summed E-state index contributed by atoms with van der Waals surface area (Å²) in [5, 5.41) is 27.6. The molecule has 3 aromatic carbocycles. The van der Waals surface area contributed by atoms with Crippen molar-refractivity contribution in [3.63, 3.8) is 0 Å². The molecule has 1 aliphatic rings. The lowest BCUT2D eigenvalue weighted by atomic mass is 10.0. The number of hydrogen-bond donors (Lipinski definition) is 3. The zero-order chi connectivity index (χ0) is 30.7. The van der Waals surface area contributed by atoms with E-state index in [2.05, 4.69) is 26.2 Å². The van der Waals surface area contributed by atoms with Gasteiger partial charge in [-0.2, -0.15) is 4.68 Å². The number of aliphatic hydroxyl groups excluding tert-OH is 1. The first kappa shape index (κ1) is 31.1. The maximum atomic E-state index is 12.0. The van der Waals surface area contributed by atoms with Gasteiger partial charge >= 0.3 is 12.0 Å². The van der Waals surface area contributed by atoms with E-state index < -0.39 is 18.3 Å².